The third kappa shape index (κ3) is 3.88. The Hall–Kier alpha value is -0.620. The van der Waals surface area contributed by atoms with E-state index >= 15 is 0 Å². The molecular weight excluding hydrogens is 412 g/mol. The second-order valence-corrected chi connectivity index (χ2v) is 14.4. The van der Waals surface area contributed by atoms with E-state index in [1.165, 1.54) is 6.26 Å². The summed E-state index contributed by atoms with van der Waals surface area (Å²) in [7, 11) is -3.18. The van der Waals surface area contributed by atoms with Gasteiger partial charge in [0, 0.05) is 12.7 Å². The molecule has 0 aromatic heterocycles. The van der Waals surface area contributed by atoms with Crippen LogP contribution in [0.1, 0.15) is 85.0 Å². The molecule has 0 spiro atoms. The molecule has 4 aliphatic carbocycles. The molecule has 0 heterocycles. The number of fused-ring (bicyclic) bond motifs is 5. The highest BCUT2D eigenvalue weighted by atomic mass is 32.2. The van der Waals surface area contributed by atoms with Crippen molar-refractivity contribution < 1.29 is 23.4 Å². The second-order valence-electron chi connectivity index (χ2n) is 12.2. The first-order valence-electron chi connectivity index (χ1n) is 12.5. The van der Waals surface area contributed by atoms with Gasteiger partial charge in [-0.3, -0.25) is 4.79 Å². The molecule has 0 bridgehead atoms. The highest BCUT2D eigenvalue weighted by molar-refractivity contribution is 7.91. The van der Waals surface area contributed by atoms with Crippen molar-refractivity contribution in [1.82, 2.24) is 0 Å². The standard InChI is InChI=1S/C25H42O5S/c1-15(5-8-22(27)28)18-6-7-19-23-20(10-12-25(18,19)3)24(2)11-9-17(26)13-16(24)14-21(23)31(4,29)30/h15-21,23,26H,5-14H2,1-4H3,(H,27,28)/t15-,16+,17-,18-,19+,20+,21-,23+,24+,25-/m1/s1. The molecule has 0 radical (unpaired) electrons. The van der Waals surface area contributed by atoms with Crippen LogP contribution in [0.15, 0.2) is 0 Å². The molecule has 4 saturated carbocycles. The zero-order valence-corrected chi connectivity index (χ0v) is 20.5. The Bertz CT molecular complexity index is 809. The maximum atomic E-state index is 13.1. The number of sulfone groups is 1. The molecule has 5 nitrogen and oxygen atoms in total. The van der Waals surface area contributed by atoms with Gasteiger partial charge in [-0.05, 0) is 104 Å². The quantitative estimate of drug-likeness (QED) is 0.637. The molecule has 10 atom stereocenters. The van der Waals surface area contributed by atoms with E-state index in [9.17, 15) is 18.3 Å². The van der Waals surface area contributed by atoms with Crippen molar-refractivity contribution in [2.75, 3.05) is 6.26 Å². The van der Waals surface area contributed by atoms with E-state index in [-0.39, 0.29) is 34.5 Å². The van der Waals surface area contributed by atoms with Crippen molar-refractivity contribution in [3.8, 4) is 0 Å². The summed E-state index contributed by atoms with van der Waals surface area (Å²) in [6.45, 7) is 6.99. The first-order valence-corrected chi connectivity index (χ1v) is 14.4. The zero-order chi connectivity index (χ0) is 22.8. The molecule has 4 aliphatic rings. The predicted octanol–water partition coefficient (Wildman–Crippen LogP) is 4.53. The summed E-state index contributed by atoms with van der Waals surface area (Å²) < 4.78 is 26.1. The average Bonchev–Trinajstić information content (AvgIpc) is 3.02. The van der Waals surface area contributed by atoms with E-state index in [0.29, 0.717) is 42.4 Å². The lowest BCUT2D eigenvalue weighted by atomic mass is 9.44. The highest BCUT2D eigenvalue weighted by Crippen LogP contribution is 2.69. The Morgan fingerprint density at radius 1 is 1.03 bits per heavy atom. The highest BCUT2D eigenvalue weighted by Gasteiger charge is 2.64. The fourth-order valence-electron chi connectivity index (χ4n) is 9.16. The van der Waals surface area contributed by atoms with Crippen LogP contribution < -0.4 is 0 Å². The normalized spacial score (nSPS) is 48.4. The largest absolute Gasteiger partial charge is 0.481 e. The Kier molecular flexibility index (Phi) is 6.08. The van der Waals surface area contributed by atoms with Gasteiger partial charge in [-0.1, -0.05) is 20.8 Å². The van der Waals surface area contributed by atoms with E-state index in [1.807, 2.05) is 0 Å². The number of carbonyl (C=O) groups is 1. The molecule has 4 rings (SSSR count). The molecule has 0 unspecified atom stereocenters. The van der Waals surface area contributed by atoms with Gasteiger partial charge >= 0.3 is 5.97 Å². The molecule has 0 amide bonds. The molecule has 4 fully saturated rings. The van der Waals surface area contributed by atoms with Gasteiger partial charge in [-0.15, -0.1) is 0 Å². The van der Waals surface area contributed by atoms with Crippen LogP contribution in [0.5, 0.6) is 0 Å². The number of hydrogen-bond donors (Lipinski definition) is 2. The van der Waals surface area contributed by atoms with E-state index in [2.05, 4.69) is 20.8 Å². The fraction of sp³-hybridized carbons (Fsp3) is 0.960. The first kappa shape index (κ1) is 23.5. The van der Waals surface area contributed by atoms with Crippen LogP contribution in [0.4, 0.5) is 0 Å². The third-order valence-electron chi connectivity index (χ3n) is 10.8. The number of carboxylic acids is 1. The summed E-state index contributed by atoms with van der Waals surface area (Å²) in [5.74, 6) is 1.46. The van der Waals surface area contributed by atoms with Gasteiger partial charge in [0.15, 0.2) is 9.84 Å². The smallest absolute Gasteiger partial charge is 0.303 e. The topological polar surface area (TPSA) is 91.7 Å². The van der Waals surface area contributed by atoms with Crippen LogP contribution in [-0.4, -0.2) is 42.2 Å². The third-order valence-corrected chi connectivity index (χ3v) is 12.4. The van der Waals surface area contributed by atoms with Crippen molar-refractivity contribution in [3.63, 3.8) is 0 Å². The van der Waals surface area contributed by atoms with Crippen molar-refractivity contribution >= 4 is 15.8 Å². The number of aliphatic carboxylic acids is 1. The Balaban J connectivity index is 1.66. The molecule has 0 aromatic carbocycles. The Labute approximate surface area is 188 Å². The van der Waals surface area contributed by atoms with Crippen molar-refractivity contribution in [2.45, 2.75) is 96.3 Å². The summed E-state index contributed by atoms with van der Waals surface area (Å²) in [5.41, 5.74) is 0.249. The lowest BCUT2D eigenvalue weighted by molar-refractivity contribution is -0.138. The molecule has 0 aromatic rings. The van der Waals surface area contributed by atoms with E-state index in [0.717, 1.165) is 44.9 Å². The number of carboxylic acid groups (broad SMARTS) is 1. The van der Waals surface area contributed by atoms with Crippen molar-refractivity contribution in [2.24, 2.45) is 46.3 Å². The van der Waals surface area contributed by atoms with Crippen LogP contribution in [0, 0.1) is 46.3 Å². The van der Waals surface area contributed by atoms with Gasteiger partial charge in [-0.25, -0.2) is 8.42 Å². The predicted molar refractivity (Wildman–Crippen MR) is 121 cm³/mol. The maximum Gasteiger partial charge on any atom is 0.303 e. The fourth-order valence-corrected chi connectivity index (χ4v) is 10.7. The first-order chi connectivity index (χ1) is 14.4. The van der Waals surface area contributed by atoms with Gasteiger partial charge < -0.3 is 10.2 Å². The van der Waals surface area contributed by atoms with Crippen molar-refractivity contribution in [3.05, 3.63) is 0 Å². The maximum absolute atomic E-state index is 13.1. The second kappa shape index (κ2) is 8.00. The molecule has 2 N–H and O–H groups in total. The molecule has 0 saturated heterocycles. The zero-order valence-electron chi connectivity index (χ0n) is 19.7. The summed E-state index contributed by atoms with van der Waals surface area (Å²) >= 11 is 0. The number of aliphatic hydroxyl groups is 1. The Morgan fingerprint density at radius 3 is 2.32 bits per heavy atom. The van der Waals surface area contributed by atoms with Gasteiger partial charge in [-0.2, -0.15) is 0 Å². The molecule has 0 aliphatic heterocycles. The van der Waals surface area contributed by atoms with Crippen LogP contribution in [0.25, 0.3) is 0 Å². The van der Waals surface area contributed by atoms with E-state index in [4.69, 9.17) is 5.11 Å². The summed E-state index contributed by atoms with van der Waals surface area (Å²) in [6.07, 6.45) is 9.78. The van der Waals surface area contributed by atoms with Crippen LogP contribution in [0.3, 0.4) is 0 Å². The molecule has 6 heteroatoms. The van der Waals surface area contributed by atoms with Crippen LogP contribution >= 0.6 is 0 Å². The van der Waals surface area contributed by atoms with Crippen LogP contribution in [0.2, 0.25) is 0 Å². The molecule has 178 valence electrons. The summed E-state index contributed by atoms with van der Waals surface area (Å²) in [6, 6.07) is 0. The molecular formula is C25H42O5S. The Morgan fingerprint density at radius 2 is 1.68 bits per heavy atom. The monoisotopic (exact) mass is 454 g/mol. The minimum atomic E-state index is -3.18. The van der Waals surface area contributed by atoms with Gasteiger partial charge in [0.05, 0.1) is 11.4 Å². The molecule has 31 heavy (non-hydrogen) atoms. The van der Waals surface area contributed by atoms with Gasteiger partial charge in [0.25, 0.3) is 0 Å². The summed E-state index contributed by atoms with van der Waals surface area (Å²) in [4.78, 5) is 11.1. The number of aliphatic hydroxyl groups excluding tert-OH is 1. The van der Waals surface area contributed by atoms with E-state index < -0.39 is 15.8 Å². The average molecular weight is 455 g/mol. The SMILES string of the molecule is C[C@H](CCC(=O)O)[C@H]1CC[C@H]2[C@@H]3[C@H](S(C)(=O)=O)C[C@@H]4C[C@H](O)CC[C@]4(C)[C@H]3CC[C@]12C. The van der Waals surface area contributed by atoms with Crippen LogP contribution in [-0.2, 0) is 14.6 Å². The number of rotatable bonds is 5. The lowest BCUT2D eigenvalue weighted by Gasteiger charge is -2.63. The lowest BCUT2D eigenvalue weighted by Crippen LogP contribution is -2.60. The van der Waals surface area contributed by atoms with E-state index in [1.54, 1.807) is 0 Å². The van der Waals surface area contributed by atoms with Gasteiger partial charge in [0.2, 0.25) is 0 Å². The van der Waals surface area contributed by atoms with Crippen molar-refractivity contribution in [1.29, 1.82) is 0 Å². The number of hydrogen-bond acceptors (Lipinski definition) is 4. The minimum Gasteiger partial charge on any atom is -0.481 e. The van der Waals surface area contributed by atoms with Gasteiger partial charge in [0.1, 0.15) is 0 Å². The summed E-state index contributed by atoms with van der Waals surface area (Å²) in [5, 5.41) is 19.2. The minimum absolute atomic E-state index is 0.111.